The zero-order chi connectivity index (χ0) is 16.8. The quantitative estimate of drug-likeness (QED) is 0.744. The topological polar surface area (TPSA) is 40.5 Å². The van der Waals surface area contributed by atoms with Crippen LogP contribution in [0.2, 0.25) is 0 Å². The summed E-state index contributed by atoms with van der Waals surface area (Å²) in [6.45, 7) is 14.5. The van der Waals surface area contributed by atoms with E-state index in [0.29, 0.717) is 18.8 Å². The van der Waals surface area contributed by atoms with Crippen molar-refractivity contribution >= 4 is 0 Å². The van der Waals surface area contributed by atoms with Crippen molar-refractivity contribution in [3.63, 3.8) is 0 Å². The molecule has 1 fully saturated rings. The van der Waals surface area contributed by atoms with E-state index in [4.69, 9.17) is 0 Å². The van der Waals surface area contributed by atoms with Crippen molar-refractivity contribution in [3.8, 4) is 0 Å². The molecule has 0 bridgehead atoms. The van der Waals surface area contributed by atoms with Crippen LogP contribution in [0.5, 0.6) is 0 Å². The second-order valence-corrected chi connectivity index (χ2v) is 8.86. The maximum absolute atomic E-state index is 11.7. The van der Waals surface area contributed by atoms with Gasteiger partial charge in [0.15, 0.2) is 0 Å². The van der Waals surface area contributed by atoms with Gasteiger partial charge in [-0.15, -0.1) is 6.58 Å². The number of rotatable bonds is 4. The highest BCUT2D eigenvalue weighted by Gasteiger charge is 2.59. The van der Waals surface area contributed by atoms with Crippen molar-refractivity contribution in [1.82, 2.24) is 0 Å². The predicted molar refractivity (Wildman–Crippen MR) is 92.6 cm³/mol. The Morgan fingerprint density at radius 1 is 1.36 bits per heavy atom. The van der Waals surface area contributed by atoms with Gasteiger partial charge in [0.1, 0.15) is 0 Å². The Labute approximate surface area is 136 Å². The normalized spacial score (nSPS) is 40.3. The third kappa shape index (κ3) is 2.69. The molecule has 0 spiro atoms. The summed E-state index contributed by atoms with van der Waals surface area (Å²) in [5, 5.41) is 22.0. The maximum atomic E-state index is 11.7. The maximum Gasteiger partial charge on any atom is 0.0911 e. The van der Waals surface area contributed by atoms with Gasteiger partial charge in [-0.2, -0.15) is 0 Å². The van der Waals surface area contributed by atoms with Crippen LogP contribution < -0.4 is 0 Å². The Morgan fingerprint density at radius 3 is 2.59 bits per heavy atom. The van der Waals surface area contributed by atoms with Crippen LogP contribution >= 0.6 is 0 Å². The lowest BCUT2D eigenvalue weighted by Gasteiger charge is -2.60. The molecule has 22 heavy (non-hydrogen) atoms. The lowest BCUT2D eigenvalue weighted by atomic mass is 9.46. The predicted octanol–water partition coefficient (Wildman–Crippen LogP) is 4.62. The Balaban J connectivity index is 2.37. The van der Waals surface area contributed by atoms with Crippen molar-refractivity contribution < 1.29 is 10.2 Å². The van der Waals surface area contributed by atoms with E-state index in [9.17, 15) is 10.2 Å². The summed E-state index contributed by atoms with van der Waals surface area (Å²) < 4.78 is 0. The largest absolute Gasteiger partial charge is 0.386 e. The van der Waals surface area contributed by atoms with Gasteiger partial charge in [-0.05, 0) is 62.9 Å². The van der Waals surface area contributed by atoms with Gasteiger partial charge in [-0.25, -0.2) is 0 Å². The van der Waals surface area contributed by atoms with E-state index in [1.165, 1.54) is 12.8 Å². The standard InChI is InChI=1S/C20H34O2/c1-7-18(5,21)13-14-20(22)15(2)9-10-16-17(3,4)11-8-12-19(16,20)6/h7,9,16,21-22H,1,8,10-14H2,2-6H3/t16-,18-,19-,20+/m1/s1. The number of allylic oxidation sites excluding steroid dienone is 1. The van der Waals surface area contributed by atoms with Crippen LogP contribution in [0, 0.1) is 16.7 Å². The van der Waals surface area contributed by atoms with E-state index >= 15 is 0 Å². The van der Waals surface area contributed by atoms with Crippen molar-refractivity contribution in [1.29, 1.82) is 0 Å². The van der Waals surface area contributed by atoms with Gasteiger partial charge in [0.25, 0.3) is 0 Å². The molecule has 0 aromatic rings. The zero-order valence-electron chi connectivity index (χ0n) is 15.1. The van der Waals surface area contributed by atoms with Crippen molar-refractivity contribution in [2.45, 2.75) is 84.3 Å². The molecule has 4 atom stereocenters. The highest BCUT2D eigenvalue weighted by molar-refractivity contribution is 5.27. The van der Waals surface area contributed by atoms with Gasteiger partial charge in [-0.3, -0.25) is 0 Å². The monoisotopic (exact) mass is 306 g/mol. The summed E-state index contributed by atoms with van der Waals surface area (Å²) in [6.07, 6.45) is 9.51. The molecule has 0 aliphatic heterocycles. The SMILES string of the molecule is C=C[C@@](C)(O)CC[C@]1(O)C(C)=CC[C@@H]2C(C)(C)CCC[C@]21C. The summed E-state index contributed by atoms with van der Waals surface area (Å²) in [4.78, 5) is 0. The fourth-order valence-electron chi connectivity index (χ4n) is 5.13. The third-order valence-corrected chi connectivity index (χ3v) is 6.92. The van der Waals surface area contributed by atoms with Gasteiger partial charge in [0.05, 0.1) is 11.2 Å². The molecule has 0 aromatic heterocycles. The summed E-state index contributed by atoms with van der Waals surface area (Å²) in [6, 6.07) is 0. The summed E-state index contributed by atoms with van der Waals surface area (Å²) in [5.74, 6) is 0.496. The van der Waals surface area contributed by atoms with Gasteiger partial charge < -0.3 is 10.2 Å². The first-order chi connectivity index (χ1) is 9.98. The molecule has 0 radical (unpaired) electrons. The molecule has 2 aliphatic rings. The van der Waals surface area contributed by atoms with Crippen LogP contribution in [0.4, 0.5) is 0 Å². The first-order valence-corrected chi connectivity index (χ1v) is 8.74. The Morgan fingerprint density at radius 2 is 2.00 bits per heavy atom. The van der Waals surface area contributed by atoms with E-state index in [1.807, 2.05) is 0 Å². The molecule has 2 N–H and O–H groups in total. The molecule has 0 saturated heterocycles. The number of fused-ring (bicyclic) bond motifs is 1. The molecule has 0 heterocycles. The Hall–Kier alpha value is -0.600. The molecule has 2 nitrogen and oxygen atoms in total. The molecular weight excluding hydrogens is 272 g/mol. The number of hydrogen-bond acceptors (Lipinski definition) is 2. The van der Waals surface area contributed by atoms with Crippen LogP contribution in [0.1, 0.15) is 73.1 Å². The first kappa shape index (κ1) is 17.7. The van der Waals surface area contributed by atoms with Gasteiger partial charge in [-0.1, -0.05) is 39.3 Å². The van der Waals surface area contributed by atoms with Crippen molar-refractivity contribution in [3.05, 3.63) is 24.3 Å². The molecular formula is C20H34O2. The zero-order valence-corrected chi connectivity index (χ0v) is 15.1. The average Bonchev–Trinajstić information content (AvgIpc) is 2.42. The second kappa shape index (κ2) is 5.49. The molecule has 2 rings (SSSR count). The van der Waals surface area contributed by atoms with E-state index in [1.54, 1.807) is 13.0 Å². The fraction of sp³-hybridized carbons (Fsp3) is 0.800. The number of hydrogen-bond donors (Lipinski definition) is 2. The Bertz CT molecular complexity index is 474. The molecule has 0 unspecified atom stereocenters. The van der Waals surface area contributed by atoms with Gasteiger partial charge in [0.2, 0.25) is 0 Å². The van der Waals surface area contributed by atoms with Crippen LogP contribution in [0.3, 0.4) is 0 Å². The molecule has 126 valence electrons. The van der Waals surface area contributed by atoms with E-state index < -0.39 is 11.2 Å². The van der Waals surface area contributed by atoms with E-state index in [2.05, 4.69) is 40.3 Å². The van der Waals surface area contributed by atoms with Crippen molar-refractivity contribution in [2.24, 2.45) is 16.7 Å². The first-order valence-electron chi connectivity index (χ1n) is 8.74. The van der Waals surface area contributed by atoms with Crippen LogP contribution in [0.25, 0.3) is 0 Å². The Kier molecular flexibility index (Phi) is 4.43. The molecule has 2 heteroatoms. The van der Waals surface area contributed by atoms with Crippen LogP contribution in [-0.4, -0.2) is 21.4 Å². The van der Waals surface area contributed by atoms with Gasteiger partial charge >= 0.3 is 0 Å². The minimum atomic E-state index is -0.913. The smallest absolute Gasteiger partial charge is 0.0911 e. The van der Waals surface area contributed by atoms with Gasteiger partial charge in [0, 0.05) is 5.41 Å². The second-order valence-electron chi connectivity index (χ2n) is 8.86. The highest BCUT2D eigenvalue weighted by atomic mass is 16.3. The van der Waals surface area contributed by atoms with Crippen LogP contribution in [0.15, 0.2) is 24.3 Å². The highest BCUT2D eigenvalue weighted by Crippen LogP contribution is 2.62. The number of aliphatic hydroxyl groups is 2. The minimum Gasteiger partial charge on any atom is -0.386 e. The minimum absolute atomic E-state index is 0.106. The van der Waals surface area contributed by atoms with Crippen molar-refractivity contribution in [2.75, 3.05) is 0 Å². The summed E-state index contributed by atoms with van der Waals surface area (Å²) >= 11 is 0. The van der Waals surface area contributed by atoms with E-state index in [0.717, 1.165) is 18.4 Å². The third-order valence-electron chi connectivity index (χ3n) is 6.92. The fourth-order valence-corrected chi connectivity index (χ4v) is 5.13. The van der Waals surface area contributed by atoms with Crippen LogP contribution in [-0.2, 0) is 0 Å². The average molecular weight is 306 g/mol. The molecule has 0 aromatic carbocycles. The lowest BCUT2D eigenvalue weighted by Crippen LogP contribution is -2.59. The lowest BCUT2D eigenvalue weighted by molar-refractivity contribution is -0.150. The summed E-state index contributed by atoms with van der Waals surface area (Å²) in [7, 11) is 0. The molecule has 0 amide bonds. The molecule has 2 aliphatic carbocycles. The molecule has 1 saturated carbocycles. The van der Waals surface area contributed by atoms with E-state index in [-0.39, 0.29) is 10.8 Å². The summed E-state index contributed by atoms with van der Waals surface area (Å²) in [5.41, 5.74) is -0.488.